The minimum absolute atomic E-state index is 0. The van der Waals surface area contributed by atoms with Crippen molar-refractivity contribution < 1.29 is 4.42 Å². The van der Waals surface area contributed by atoms with E-state index in [1.807, 2.05) is 19.9 Å². The standard InChI is InChI=1S/C19H29N5O.HI/c1-6-20-19(22-13-18-23-15(3)16(4)25-18)21-12-14(2)24(5)17-10-8-7-9-11-17;/h7-11,14H,6,12-13H2,1-5H3,(H2,20,21,22);1H. The molecule has 1 heterocycles. The molecule has 144 valence electrons. The van der Waals surface area contributed by atoms with Gasteiger partial charge < -0.3 is 20.0 Å². The second-order valence-electron chi connectivity index (χ2n) is 6.12. The lowest BCUT2D eigenvalue weighted by molar-refractivity contribution is 0.472. The van der Waals surface area contributed by atoms with Crippen molar-refractivity contribution in [2.75, 3.05) is 25.0 Å². The van der Waals surface area contributed by atoms with Gasteiger partial charge in [-0.3, -0.25) is 0 Å². The lowest BCUT2D eigenvalue weighted by atomic mass is 10.2. The lowest BCUT2D eigenvalue weighted by Gasteiger charge is -2.27. The summed E-state index contributed by atoms with van der Waals surface area (Å²) in [6.07, 6.45) is 0. The van der Waals surface area contributed by atoms with Crippen molar-refractivity contribution in [2.45, 2.75) is 40.3 Å². The minimum atomic E-state index is 0. The molecule has 2 rings (SSSR count). The Morgan fingerprint density at radius 3 is 2.50 bits per heavy atom. The molecule has 26 heavy (non-hydrogen) atoms. The molecule has 0 aliphatic rings. The van der Waals surface area contributed by atoms with Gasteiger partial charge in [0.2, 0.25) is 5.89 Å². The van der Waals surface area contributed by atoms with E-state index in [0.29, 0.717) is 18.5 Å². The molecule has 0 saturated heterocycles. The number of aryl methyl sites for hydroxylation is 2. The molecule has 1 atom stereocenters. The number of aliphatic imine (C=N–C) groups is 1. The van der Waals surface area contributed by atoms with Crippen molar-refractivity contribution in [1.29, 1.82) is 0 Å². The monoisotopic (exact) mass is 471 g/mol. The van der Waals surface area contributed by atoms with Crippen LogP contribution in [0.2, 0.25) is 0 Å². The Morgan fingerprint density at radius 2 is 1.92 bits per heavy atom. The van der Waals surface area contributed by atoms with Crippen LogP contribution in [0.25, 0.3) is 0 Å². The summed E-state index contributed by atoms with van der Waals surface area (Å²) in [7, 11) is 2.10. The Morgan fingerprint density at radius 1 is 1.23 bits per heavy atom. The fourth-order valence-electron chi connectivity index (χ4n) is 2.39. The number of halogens is 1. The summed E-state index contributed by atoms with van der Waals surface area (Å²) in [4.78, 5) is 11.2. The van der Waals surface area contributed by atoms with Gasteiger partial charge in [0.25, 0.3) is 0 Å². The number of rotatable bonds is 7. The third-order valence-corrected chi connectivity index (χ3v) is 4.18. The van der Waals surface area contributed by atoms with Gasteiger partial charge in [0.05, 0.1) is 5.69 Å². The quantitative estimate of drug-likeness (QED) is 0.368. The topological polar surface area (TPSA) is 65.7 Å². The first-order valence-corrected chi connectivity index (χ1v) is 8.74. The average Bonchev–Trinajstić information content (AvgIpc) is 2.95. The summed E-state index contributed by atoms with van der Waals surface area (Å²) >= 11 is 0. The van der Waals surface area contributed by atoms with Crippen molar-refractivity contribution in [2.24, 2.45) is 4.99 Å². The van der Waals surface area contributed by atoms with Crippen molar-refractivity contribution in [3.63, 3.8) is 0 Å². The van der Waals surface area contributed by atoms with Crippen LogP contribution in [-0.4, -0.2) is 37.1 Å². The number of para-hydroxylation sites is 1. The number of benzene rings is 1. The first kappa shape index (κ1) is 22.3. The predicted molar refractivity (Wildman–Crippen MR) is 119 cm³/mol. The number of hydrogen-bond acceptors (Lipinski definition) is 4. The number of anilines is 1. The average molecular weight is 471 g/mol. The van der Waals surface area contributed by atoms with Gasteiger partial charge in [-0.15, -0.1) is 24.0 Å². The van der Waals surface area contributed by atoms with Crippen LogP contribution in [0.15, 0.2) is 39.7 Å². The zero-order chi connectivity index (χ0) is 18.2. The van der Waals surface area contributed by atoms with E-state index >= 15 is 0 Å². The van der Waals surface area contributed by atoms with E-state index in [9.17, 15) is 0 Å². The van der Waals surface area contributed by atoms with Crippen molar-refractivity contribution in [1.82, 2.24) is 15.6 Å². The molecular weight excluding hydrogens is 441 g/mol. The Labute approximate surface area is 173 Å². The van der Waals surface area contributed by atoms with E-state index in [0.717, 1.165) is 30.5 Å². The van der Waals surface area contributed by atoms with Crippen LogP contribution in [-0.2, 0) is 6.54 Å². The number of hydrogen-bond donors (Lipinski definition) is 2. The molecule has 1 unspecified atom stereocenters. The zero-order valence-corrected chi connectivity index (χ0v) is 18.6. The highest BCUT2D eigenvalue weighted by molar-refractivity contribution is 14.0. The van der Waals surface area contributed by atoms with E-state index in [1.54, 1.807) is 0 Å². The fraction of sp³-hybridized carbons (Fsp3) is 0.474. The van der Waals surface area contributed by atoms with Gasteiger partial charge in [0, 0.05) is 31.9 Å². The highest BCUT2D eigenvalue weighted by Gasteiger charge is 2.11. The van der Waals surface area contributed by atoms with E-state index in [4.69, 9.17) is 4.42 Å². The summed E-state index contributed by atoms with van der Waals surface area (Å²) in [5, 5.41) is 6.65. The molecule has 6 nitrogen and oxygen atoms in total. The normalized spacial score (nSPS) is 12.3. The van der Waals surface area contributed by atoms with Crippen LogP contribution in [0.3, 0.4) is 0 Å². The number of likely N-dealkylation sites (N-methyl/N-ethyl adjacent to an activating group) is 1. The Balaban J connectivity index is 0.00000338. The zero-order valence-electron chi connectivity index (χ0n) is 16.2. The molecule has 0 fully saturated rings. The van der Waals surface area contributed by atoms with E-state index in [2.05, 4.69) is 70.7 Å². The number of aromatic nitrogens is 1. The maximum Gasteiger partial charge on any atom is 0.216 e. The molecule has 7 heteroatoms. The van der Waals surface area contributed by atoms with Gasteiger partial charge in [0.15, 0.2) is 5.96 Å². The summed E-state index contributed by atoms with van der Waals surface area (Å²) in [6, 6.07) is 10.7. The predicted octanol–water partition coefficient (Wildman–Crippen LogP) is 3.49. The third kappa shape index (κ3) is 6.51. The summed E-state index contributed by atoms with van der Waals surface area (Å²) in [5.41, 5.74) is 2.12. The molecular formula is C19H30IN5O. The lowest BCUT2D eigenvalue weighted by Crippen LogP contribution is -2.45. The Kier molecular flexibility index (Phi) is 9.47. The Bertz CT molecular complexity index is 667. The maximum absolute atomic E-state index is 5.58. The Hall–Kier alpha value is -1.77. The van der Waals surface area contributed by atoms with Crippen molar-refractivity contribution in [3.05, 3.63) is 47.7 Å². The van der Waals surface area contributed by atoms with Gasteiger partial charge in [-0.05, 0) is 39.8 Å². The smallest absolute Gasteiger partial charge is 0.216 e. The number of oxazole rings is 1. The van der Waals surface area contributed by atoms with Crippen LogP contribution in [0.5, 0.6) is 0 Å². The maximum atomic E-state index is 5.58. The number of guanidine groups is 1. The summed E-state index contributed by atoms with van der Waals surface area (Å²) < 4.78 is 5.58. The van der Waals surface area contributed by atoms with E-state index < -0.39 is 0 Å². The second kappa shape index (κ2) is 11.1. The molecule has 0 radical (unpaired) electrons. The van der Waals surface area contributed by atoms with Crippen LogP contribution in [0.1, 0.15) is 31.2 Å². The SMILES string of the molecule is CCNC(=NCc1nc(C)c(C)o1)NCC(C)N(C)c1ccccc1.I. The molecule has 0 bridgehead atoms. The summed E-state index contributed by atoms with van der Waals surface area (Å²) in [6.45, 7) is 10.1. The number of nitrogens with one attached hydrogen (secondary N) is 2. The van der Waals surface area contributed by atoms with Gasteiger partial charge in [-0.1, -0.05) is 18.2 Å². The largest absolute Gasteiger partial charge is 0.444 e. The van der Waals surface area contributed by atoms with Gasteiger partial charge in [-0.2, -0.15) is 0 Å². The second-order valence-corrected chi connectivity index (χ2v) is 6.12. The van der Waals surface area contributed by atoms with Gasteiger partial charge >= 0.3 is 0 Å². The van der Waals surface area contributed by atoms with Gasteiger partial charge in [0.1, 0.15) is 12.3 Å². The fourth-order valence-corrected chi connectivity index (χ4v) is 2.39. The third-order valence-electron chi connectivity index (χ3n) is 4.18. The first-order chi connectivity index (χ1) is 12.0. The van der Waals surface area contributed by atoms with Crippen molar-refractivity contribution in [3.8, 4) is 0 Å². The molecule has 1 aromatic heterocycles. The van der Waals surface area contributed by atoms with Gasteiger partial charge in [-0.25, -0.2) is 9.98 Å². The first-order valence-electron chi connectivity index (χ1n) is 8.74. The molecule has 2 N–H and O–H groups in total. The molecule has 0 aliphatic carbocycles. The van der Waals surface area contributed by atoms with Crippen LogP contribution >= 0.6 is 24.0 Å². The molecule has 1 aromatic carbocycles. The van der Waals surface area contributed by atoms with E-state index in [-0.39, 0.29) is 24.0 Å². The van der Waals surface area contributed by atoms with Crippen LogP contribution in [0.4, 0.5) is 5.69 Å². The molecule has 0 amide bonds. The van der Waals surface area contributed by atoms with Crippen LogP contribution in [0, 0.1) is 13.8 Å². The molecule has 0 aliphatic heterocycles. The molecule has 0 spiro atoms. The van der Waals surface area contributed by atoms with Crippen molar-refractivity contribution >= 4 is 35.6 Å². The van der Waals surface area contributed by atoms with E-state index in [1.165, 1.54) is 5.69 Å². The number of nitrogens with zero attached hydrogens (tertiary/aromatic N) is 3. The summed E-state index contributed by atoms with van der Waals surface area (Å²) in [5.74, 6) is 2.26. The molecule has 0 saturated carbocycles. The highest BCUT2D eigenvalue weighted by atomic mass is 127. The highest BCUT2D eigenvalue weighted by Crippen LogP contribution is 2.13. The molecule has 2 aromatic rings. The minimum Gasteiger partial charge on any atom is -0.444 e. The van der Waals surface area contributed by atoms with Crippen LogP contribution < -0.4 is 15.5 Å².